The molecule has 0 unspecified atom stereocenters. The SMILES string of the molecule is CCOC(=O)Cc1cc(C#N)c(CC)c(CC)c1. The van der Waals surface area contributed by atoms with E-state index >= 15 is 0 Å². The van der Waals surface area contributed by atoms with Gasteiger partial charge in [-0.1, -0.05) is 19.9 Å². The van der Waals surface area contributed by atoms with Crippen molar-refractivity contribution < 1.29 is 9.53 Å². The number of nitriles is 1. The highest BCUT2D eigenvalue weighted by atomic mass is 16.5. The van der Waals surface area contributed by atoms with Crippen molar-refractivity contribution in [3.05, 3.63) is 34.4 Å². The maximum Gasteiger partial charge on any atom is 0.310 e. The van der Waals surface area contributed by atoms with E-state index in [-0.39, 0.29) is 12.4 Å². The molecule has 0 radical (unpaired) electrons. The summed E-state index contributed by atoms with van der Waals surface area (Å²) >= 11 is 0. The van der Waals surface area contributed by atoms with E-state index in [4.69, 9.17) is 10.00 Å². The van der Waals surface area contributed by atoms with Crippen molar-refractivity contribution in [2.45, 2.75) is 40.0 Å². The van der Waals surface area contributed by atoms with Gasteiger partial charge in [-0.15, -0.1) is 0 Å². The molecule has 18 heavy (non-hydrogen) atoms. The minimum absolute atomic E-state index is 0.236. The summed E-state index contributed by atoms with van der Waals surface area (Å²) in [6.07, 6.45) is 1.94. The second kappa shape index (κ2) is 6.80. The third-order valence-electron chi connectivity index (χ3n) is 2.91. The number of carbonyl (C=O) groups excluding carboxylic acids is 1. The van der Waals surface area contributed by atoms with Gasteiger partial charge in [0.2, 0.25) is 0 Å². The van der Waals surface area contributed by atoms with Crippen molar-refractivity contribution in [3.8, 4) is 6.07 Å². The Morgan fingerprint density at radius 3 is 2.50 bits per heavy atom. The number of carbonyl (C=O) groups is 1. The third kappa shape index (κ3) is 3.33. The van der Waals surface area contributed by atoms with Crippen LogP contribution in [-0.2, 0) is 28.8 Å². The number of ether oxygens (including phenoxy) is 1. The van der Waals surface area contributed by atoms with Crippen molar-refractivity contribution >= 4 is 5.97 Å². The Hall–Kier alpha value is -1.82. The van der Waals surface area contributed by atoms with E-state index in [9.17, 15) is 4.79 Å². The Balaban J connectivity index is 3.08. The fourth-order valence-electron chi connectivity index (χ4n) is 2.11. The van der Waals surface area contributed by atoms with Gasteiger partial charge in [0.15, 0.2) is 0 Å². The zero-order valence-corrected chi connectivity index (χ0v) is 11.2. The van der Waals surface area contributed by atoms with Gasteiger partial charge in [0.25, 0.3) is 0 Å². The van der Waals surface area contributed by atoms with Crippen LogP contribution in [0.5, 0.6) is 0 Å². The number of benzene rings is 1. The Bertz CT molecular complexity index is 472. The smallest absolute Gasteiger partial charge is 0.310 e. The second-order valence-electron chi connectivity index (χ2n) is 4.08. The van der Waals surface area contributed by atoms with Gasteiger partial charge in [0.05, 0.1) is 24.7 Å². The van der Waals surface area contributed by atoms with Crippen LogP contribution in [0.3, 0.4) is 0 Å². The lowest BCUT2D eigenvalue weighted by molar-refractivity contribution is -0.142. The monoisotopic (exact) mass is 245 g/mol. The lowest BCUT2D eigenvalue weighted by Gasteiger charge is -2.11. The number of hydrogen-bond acceptors (Lipinski definition) is 3. The van der Waals surface area contributed by atoms with Crippen molar-refractivity contribution in [1.82, 2.24) is 0 Å². The van der Waals surface area contributed by atoms with Crippen LogP contribution < -0.4 is 0 Å². The first-order valence-corrected chi connectivity index (χ1v) is 6.36. The van der Waals surface area contributed by atoms with E-state index in [1.54, 1.807) is 13.0 Å². The fraction of sp³-hybridized carbons (Fsp3) is 0.467. The number of rotatable bonds is 5. The average molecular weight is 245 g/mol. The van der Waals surface area contributed by atoms with E-state index in [2.05, 4.69) is 13.0 Å². The molecule has 0 saturated carbocycles. The highest BCUT2D eigenvalue weighted by molar-refractivity contribution is 5.73. The lowest BCUT2D eigenvalue weighted by atomic mass is 9.94. The van der Waals surface area contributed by atoms with Crippen LogP contribution in [0.25, 0.3) is 0 Å². The van der Waals surface area contributed by atoms with Crippen molar-refractivity contribution in [3.63, 3.8) is 0 Å². The molecular weight excluding hydrogens is 226 g/mol. The Morgan fingerprint density at radius 1 is 1.28 bits per heavy atom. The molecule has 0 fully saturated rings. The molecule has 96 valence electrons. The van der Waals surface area contributed by atoms with Gasteiger partial charge in [0, 0.05) is 0 Å². The van der Waals surface area contributed by atoms with Gasteiger partial charge in [-0.05, 0) is 42.5 Å². The molecule has 1 aromatic rings. The first-order chi connectivity index (χ1) is 8.65. The molecule has 0 aliphatic carbocycles. The Labute approximate surface area is 108 Å². The highest BCUT2D eigenvalue weighted by Gasteiger charge is 2.11. The predicted molar refractivity (Wildman–Crippen MR) is 70.3 cm³/mol. The van der Waals surface area contributed by atoms with E-state index < -0.39 is 0 Å². The largest absolute Gasteiger partial charge is 0.466 e. The summed E-state index contributed by atoms with van der Waals surface area (Å²) in [5, 5.41) is 9.17. The molecule has 0 amide bonds. The average Bonchev–Trinajstić information content (AvgIpc) is 2.37. The number of esters is 1. The summed E-state index contributed by atoms with van der Waals surface area (Å²) in [7, 11) is 0. The molecule has 0 aliphatic rings. The first kappa shape index (κ1) is 14.2. The quantitative estimate of drug-likeness (QED) is 0.749. The van der Waals surface area contributed by atoms with Crippen LogP contribution in [0.4, 0.5) is 0 Å². The molecule has 1 aromatic carbocycles. The molecule has 1 rings (SSSR count). The number of aryl methyl sites for hydroxylation is 1. The zero-order chi connectivity index (χ0) is 13.5. The third-order valence-corrected chi connectivity index (χ3v) is 2.91. The second-order valence-corrected chi connectivity index (χ2v) is 4.08. The van der Waals surface area contributed by atoms with E-state index in [0.717, 1.165) is 29.5 Å². The Morgan fingerprint density at radius 2 is 2.00 bits per heavy atom. The maximum atomic E-state index is 11.5. The van der Waals surface area contributed by atoms with Gasteiger partial charge in [-0.25, -0.2) is 0 Å². The van der Waals surface area contributed by atoms with E-state index in [1.807, 2.05) is 13.0 Å². The van der Waals surface area contributed by atoms with Gasteiger partial charge >= 0.3 is 5.97 Å². The summed E-state index contributed by atoms with van der Waals surface area (Å²) in [5.74, 6) is -0.243. The Kier molecular flexibility index (Phi) is 5.38. The molecule has 0 heterocycles. The standard InChI is InChI=1S/C15H19NO2/c1-4-12-7-11(9-15(17)18-6-3)8-13(10-16)14(12)5-2/h7-8H,4-6,9H2,1-3H3. The van der Waals surface area contributed by atoms with Crippen molar-refractivity contribution in [2.75, 3.05) is 6.61 Å². The van der Waals surface area contributed by atoms with Crippen LogP contribution in [-0.4, -0.2) is 12.6 Å². The molecule has 0 N–H and O–H groups in total. The molecular formula is C15H19NO2. The van der Waals surface area contributed by atoms with Crippen molar-refractivity contribution in [1.29, 1.82) is 5.26 Å². The molecule has 0 bridgehead atoms. The summed E-state index contributed by atoms with van der Waals surface area (Å²) in [5.41, 5.74) is 3.78. The summed E-state index contributed by atoms with van der Waals surface area (Å²) in [4.78, 5) is 11.5. The van der Waals surface area contributed by atoms with E-state index in [1.165, 1.54) is 0 Å². The lowest BCUT2D eigenvalue weighted by Crippen LogP contribution is -2.09. The maximum absolute atomic E-state index is 11.5. The molecule has 0 aliphatic heterocycles. The highest BCUT2D eigenvalue weighted by Crippen LogP contribution is 2.19. The normalized spacial score (nSPS) is 9.89. The predicted octanol–water partition coefficient (Wildman–Crippen LogP) is 2.79. The van der Waals surface area contributed by atoms with Crippen LogP contribution in [0, 0.1) is 11.3 Å². The first-order valence-electron chi connectivity index (χ1n) is 6.36. The van der Waals surface area contributed by atoms with E-state index in [0.29, 0.717) is 12.2 Å². The minimum atomic E-state index is -0.243. The van der Waals surface area contributed by atoms with Gasteiger partial charge in [-0.2, -0.15) is 5.26 Å². The molecule has 0 atom stereocenters. The summed E-state index contributed by atoms with van der Waals surface area (Å²) in [6.45, 7) is 6.28. The number of hydrogen-bond donors (Lipinski definition) is 0. The van der Waals surface area contributed by atoms with Crippen LogP contribution in [0.1, 0.15) is 43.0 Å². The van der Waals surface area contributed by atoms with Gasteiger partial charge in [-0.3, -0.25) is 4.79 Å². The molecule has 0 spiro atoms. The van der Waals surface area contributed by atoms with Gasteiger partial charge in [0.1, 0.15) is 0 Å². The van der Waals surface area contributed by atoms with Crippen LogP contribution in [0.15, 0.2) is 12.1 Å². The van der Waals surface area contributed by atoms with Gasteiger partial charge < -0.3 is 4.74 Å². The molecule has 0 saturated heterocycles. The fourth-order valence-corrected chi connectivity index (χ4v) is 2.11. The number of nitrogens with zero attached hydrogens (tertiary/aromatic N) is 1. The van der Waals surface area contributed by atoms with Crippen molar-refractivity contribution in [2.24, 2.45) is 0 Å². The molecule has 3 heteroatoms. The summed E-state index contributed by atoms with van der Waals surface area (Å²) in [6, 6.07) is 6.03. The minimum Gasteiger partial charge on any atom is -0.466 e. The topological polar surface area (TPSA) is 50.1 Å². The van der Waals surface area contributed by atoms with Crippen LogP contribution >= 0.6 is 0 Å². The summed E-state index contributed by atoms with van der Waals surface area (Å²) < 4.78 is 4.93. The molecule has 0 aromatic heterocycles. The van der Waals surface area contributed by atoms with Crippen LogP contribution in [0.2, 0.25) is 0 Å². The zero-order valence-electron chi connectivity index (χ0n) is 11.2. The molecule has 3 nitrogen and oxygen atoms in total.